The van der Waals surface area contributed by atoms with Gasteiger partial charge in [0.05, 0.1) is 23.4 Å². The van der Waals surface area contributed by atoms with Crippen LogP contribution in [0.3, 0.4) is 0 Å². The molecule has 3 rings (SSSR count). The zero-order chi connectivity index (χ0) is 16.9. The van der Waals surface area contributed by atoms with Crippen molar-refractivity contribution in [1.29, 1.82) is 0 Å². The van der Waals surface area contributed by atoms with Crippen molar-refractivity contribution >= 4 is 17.2 Å². The number of nitrogens with one attached hydrogen (secondary N) is 2. The summed E-state index contributed by atoms with van der Waals surface area (Å²) < 4.78 is 5.51. The van der Waals surface area contributed by atoms with E-state index >= 15 is 0 Å². The van der Waals surface area contributed by atoms with E-state index in [0.29, 0.717) is 19.7 Å². The first-order valence-corrected chi connectivity index (χ1v) is 9.11. The molecule has 24 heavy (non-hydrogen) atoms. The smallest absolute Gasteiger partial charge is 0.239 e. The van der Waals surface area contributed by atoms with Crippen LogP contribution in [0.1, 0.15) is 16.8 Å². The lowest BCUT2D eigenvalue weighted by Gasteiger charge is -2.29. The van der Waals surface area contributed by atoms with Crippen molar-refractivity contribution in [1.82, 2.24) is 15.6 Å². The van der Waals surface area contributed by atoms with Gasteiger partial charge in [-0.1, -0.05) is 30.3 Å². The van der Waals surface area contributed by atoms with Crippen LogP contribution >= 0.6 is 11.3 Å². The number of morpholine rings is 1. The molecule has 0 unspecified atom stereocenters. The normalized spacial score (nSPS) is 20.8. The molecule has 1 aromatic heterocycles. The Bertz CT molecular complexity index is 687. The van der Waals surface area contributed by atoms with E-state index < -0.39 is 0 Å². The molecule has 0 spiro atoms. The van der Waals surface area contributed by atoms with Gasteiger partial charge in [-0.2, -0.15) is 0 Å². The lowest BCUT2D eigenvalue weighted by molar-refractivity contribution is -0.128. The first kappa shape index (κ1) is 17.1. The number of thiazole rings is 1. The van der Waals surface area contributed by atoms with Crippen LogP contribution in [-0.4, -0.2) is 42.7 Å². The van der Waals surface area contributed by atoms with Gasteiger partial charge in [-0.25, -0.2) is 4.98 Å². The highest BCUT2D eigenvalue weighted by Crippen LogP contribution is 2.27. The summed E-state index contributed by atoms with van der Waals surface area (Å²) in [5.41, 5.74) is 2.18. The van der Waals surface area contributed by atoms with E-state index in [-0.39, 0.29) is 18.1 Å². The minimum absolute atomic E-state index is 0.00115. The zero-order valence-electron chi connectivity index (χ0n) is 14.0. The minimum Gasteiger partial charge on any atom is -0.375 e. The number of rotatable bonds is 5. The van der Waals surface area contributed by atoms with Gasteiger partial charge >= 0.3 is 0 Å². The third kappa shape index (κ3) is 4.01. The molecule has 2 heterocycles. The standard InChI is InChI=1S/C18H23N3O2S/c1-12-16(19-10-11-23-12)18(22)20-9-8-15-21-17(13(2)24-15)14-6-4-3-5-7-14/h3-7,12,16,19H,8-11H2,1-2H3,(H,20,22)/t12-,16+/m1/s1. The lowest BCUT2D eigenvalue weighted by Crippen LogP contribution is -2.55. The maximum absolute atomic E-state index is 12.2. The molecule has 5 nitrogen and oxygen atoms in total. The van der Waals surface area contributed by atoms with Crippen molar-refractivity contribution in [3.05, 3.63) is 40.2 Å². The number of carbonyl (C=O) groups excluding carboxylic acids is 1. The van der Waals surface area contributed by atoms with Gasteiger partial charge in [0.25, 0.3) is 0 Å². The molecule has 0 aliphatic carbocycles. The van der Waals surface area contributed by atoms with E-state index in [1.807, 2.05) is 25.1 Å². The zero-order valence-corrected chi connectivity index (χ0v) is 14.9. The number of hydrogen-bond donors (Lipinski definition) is 2. The molecule has 0 radical (unpaired) electrons. The largest absolute Gasteiger partial charge is 0.375 e. The van der Waals surface area contributed by atoms with Gasteiger partial charge in [0.2, 0.25) is 5.91 Å². The fourth-order valence-electron chi connectivity index (χ4n) is 2.85. The summed E-state index contributed by atoms with van der Waals surface area (Å²) in [6, 6.07) is 9.93. The Labute approximate surface area is 146 Å². The summed E-state index contributed by atoms with van der Waals surface area (Å²) in [4.78, 5) is 18.2. The molecule has 2 aromatic rings. The van der Waals surface area contributed by atoms with Gasteiger partial charge in [0, 0.05) is 30.0 Å². The van der Waals surface area contributed by atoms with Crippen molar-refractivity contribution in [2.75, 3.05) is 19.7 Å². The molecule has 2 N–H and O–H groups in total. The average Bonchev–Trinajstić information content (AvgIpc) is 2.96. The highest BCUT2D eigenvalue weighted by molar-refractivity contribution is 7.12. The third-order valence-corrected chi connectivity index (χ3v) is 5.16. The van der Waals surface area contributed by atoms with Crippen LogP contribution in [0, 0.1) is 6.92 Å². The summed E-state index contributed by atoms with van der Waals surface area (Å²) in [5, 5.41) is 7.24. The second-order valence-corrected chi connectivity index (χ2v) is 7.21. The molecular formula is C18H23N3O2S. The molecule has 128 valence electrons. The number of aryl methyl sites for hydroxylation is 1. The Hall–Kier alpha value is -1.76. The number of ether oxygens (including phenoxy) is 1. The lowest BCUT2D eigenvalue weighted by atomic mass is 10.1. The number of amides is 1. The van der Waals surface area contributed by atoms with Crippen LogP contribution in [0.4, 0.5) is 0 Å². The molecule has 2 atom stereocenters. The van der Waals surface area contributed by atoms with Crippen molar-refractivity contribution in [3.63, 3.8) is 0 Å². The molecule has 1 fully saturated rings. The van der Waals surface area contributed by atoms with E-state index in [9.17, 15) is 4.79 Å². The fraction of sp³-hybridized carbons (Fsp3) is 0.444. The van der Waals surface area contributed by atoms with Crippen LogP contribution in [0.25, 0.3) is 11.3 Å². The molecule has 0 saturated carbocycles. The second-order valence-electron chi connectivity index (χ2n) is 5.93. The topological polar surface area (TPSA) is 63.2 Å². The van der Waals surface area contributed by atoms with Gasteiger partial charge in [-0.15, -0.1) is 11.3 Å². The van der Waals surface area contributed by atoms with E-state index in [1.165, 1.54) is 4.88 Å². The number of carbonyl (C=O) groups is 1. The number of aromatic nitrogens is 1. The second kappa shape index (κ2) is 7.88. The van der Waals surface area contributed by atoms with Gasteiger partial charge in [-0.05, 0) is 13.8 Å². The minimum atomic E-state index is -0.267. The van der Waals surface area contributed by atoms with Gasteiger partial charge in [0.15, 0.2) is 0 Å². The van der Waals surface area contributed by atoms with E-state index in [2.05, 4.69) is 29.7 Å². The summed E-state index contributed by atoms with van der Waals surface area (Å²) in [6.45, 7) is 5.98. The number of nitrogens with zero attached hydrogens (tertiary/aromatic N) is 1. The van der Waals surface area contributed by atoms with Crippen molar-refractivity contribution < 1.29 is 9.53 Å². The molecule has 6 heteroatoms. The van der Waals surface area contributed by atoms with Crippen LogP contribution in [0.15, 0.2) is 30.3 Å². The quantitative estimate of drug-likeness (QED) is 0.872. The summed E-state index contributed by atoms with van der Waals surface area (Å²) in [6.07, 6.45) is 0.650. The Morgan fingerprint density at radius 2 is 2.21 bits per heavy atom. The maximum atomic E-state index is 12.2. The van der Waals surface area contributed by atoms with Crippen molar-refractivity contribution in [2.45, 2.75) is 32.4 Å². The van der Waals surface area contributed by atoms with Crippen LogP contribution in [0.5, 0.6) is 0 Å². The molecular weight excluding hydrogens is 322 g/mol. The molecule has 1 aliphatic rings. The first-order valence-electron chi connectivity index (χ1n) is 8.29. The van der Waals surface area contributed by atoms with Gasteiger partial charge in [-0.3, -0.25) is 4.79 Å². The van der Waals surface area contributed by atoms with Crippen LogP contribution in [0.2, 0.25) is 0 Å². The highest BCUT2D eigenvalue weighted by Gasteiger charge is 2.27. The molecule has 1 saturated heterocycles. The predicted molar refractivity (Wildman–Crippen MR) is 96.2 cm³/mol. The van der Waals surface area contributed by atoms with Gasteiger partial charge in [0.1, 0.15) is 6.04 Å². The van der Waals surface area contributed by atoms with E-state index in [0.717, 1.165) is 22.7 Å². The predicted octanol–water partition coefficient (Wildman–Crippen LogP) is 2.15. The molecule has 1 aliphatic heterocycles. The summed E-state index contributed by atoms with van der Waals surface area (Å²) in [5.74, 6) is -0.00115. The molecule has 0 bridgehead atoms. The third-order valence-electron chi connectivity index (χ3n) is 4.13. The van der Waals surface area contributed by atoms with E-state index in [4.69, 9.17) is 9.72 Å². The van der Waals surface area contributed by atoms with E-state index in [1.54, 1.807) is 11.3 Å². The Balaban J connectivity index is 1.55. The highest BCUT2D eigenvalue weighted by atomic mass is 32.1. The van der Waals surface area contributed by atoms with Crippen molar-refractivity contribution in [2.24, 2.45) is 0 Å². The fourth-order valence-corrected chi connectivity index (χ4v) is 3.81. The van der Waals surface area contributed by atoms with Crippen LogP contribution < -0.4 is 10.6 Å². The number of benzene rings is 1. The summed E-state index contributed by atoms with van der Waals surface area (Å²) >= 11 is 1.69. The summed E-state index contributed by atoms with van der Waals surface area (Å²) in [7, 11) is 0. The van der Waals surface area contributed by atoms with Crippen LogP contribution in [-0.2, 0) is 16.0 Å². The Morgan fingerprint density at radius 3 is 2.96 bits per heavy atom. The molecule has 1 amide bonds. The monoisotopic (exact) mass is 345 g/mol. The Kier molecular flexibility index (Phi) is 5.60. The number of hydrogen-bond acceptors (Lipinski definition) is 5. The van der Waals surface area contributed by atoms with Gasteiger partial charge < -0.3 is 15.4 Å². The average molecular weight is 345 g/mol. The maximum Gasteiger partial charge on any atom is 0.239 e. The SMILES string of the molecule is Cc1sc(CCNC(=O)[C@H]2NCCO[C@@H]2C)nc1-c1ccccc1. The first-order chi connectivity index (χ1) is 11.6. The molecule has 1 aromatic carbocycles. The van der Waals surface area contributed by atoms with Crippen molar-refractivity contribution in [3.8, 4) is 11.3 Å². The Morgan fingerprint density at radius 1 is 1.42 bits per heavy atom.